The normalized spacial score (nSPS) is 17.8. The van der Waals surface area contributed by atoms with Gasteiger partial charge in [-0.25, -0.2) is 13.5 Å². The molecule has 0 unspecified atom stereocenters. The Bertz CT molecular complexity index is 1090. The van der Waals surface area contributed by atoms with Gasteiger partial charge in [-0.15, -0.1) is 5.10 Å². The van der Waals surface area contributed by atoms with Crippen LogP contribution in [0.25, 0.3) is 5.69 Å². The highest BCUT2D eigenvalue weighted by Gasteiger charge is 2.29. The molecule has 0 radical (unpaired) electrons. The molecule has 3 heterocycles. The molecule has 9 heteroatoms. The minimum atomic E-state index is -0.922. The number of halogens is 2. The van der Waals surface area contributed by atoms with E-state index in [2.05, 4.69) is 31.7 Å². The summed E-state index contributed by atoms with van der Waals surface area (Å²) < 4.78 is 33.4. The standard InChI is InChI=1S/C23H26F2N6O/c1-15-8-17(27-16-4-6-30(7-5-16)20-12-32-13-20)10-18(9-15)28-23-26-14-31(29-23)19-2-3-21(24)22(25)11-19/h2-3,8-11,14,16,20,27H,4-7,12-13H2,1H3,(H,28,29). The lowest BCUT2D eigenvalue weighted by Gasteiger charge is -2.41. The SMILES string of the molecule is Cc1cc(Nc2ncn(-c3ccc(F)c(F)c3)n2)cc(NC2CCN(C3COC3)CC2)c1. The number of aryl methyl sites for hydroxylation is 1. The number of ether oxygens (including phenoxy) is 1. The Hall–Kier alpha value is -3.04. The number of nitrogens with one attached hydrogen (secondary N) is 2. The van der Waals surface area contributed by atoms with E-state index in [1.165, 1.54) is 17.1 Å². The smallest absolute Gasteiger partial charge is 0.246 e. The van der Waals surface area contributed by atoms with Crippen molar-refractivity contribution in [3.8, 4) is 5.69 Å². The third-order valence-electron chi connectivity index (χ3n) is 6.03. The van der Waals surface area contributed by atoms with E-state index in [1.54, 1.807) is 0 Å². The van der Waals surface area contributed by atoms with Crippen molar-refractivity contribution in [3.05, 3.63) is 59.9 Å². The van der Waals surface area contributed by atoms with Crippen LogP contribution in [0.4, 0.5) is 26.1 Å². The molecule has 0 aliphatic carbocycles. The molecular weight excluding hydrogens is 414 g/mol. The van der Waals surface area contributed by atoms with Crippen molar-refractivity contribution in [1.29, 1.82) is 0 Å². The van der Waals surface area contributed by atoms with Crippen LogP contribution in [0.2, 0.25) is 0 Å². The molecule has 2 aromatic carbocycles. The summed E-state index contributed by atoms with van der Waals surface area (Å²) in [5, 5.41) is 11.2. The highest BCUT2D eigenvalue weighted by Crippen LogP contribution is 2.25. The fourth-order valence-corrected chi connectivity index (χ4v) is 4.22. The lowest BCUT2D eigenvalue weighted by atomic mass is 10.0. The van der Waals surface area contributed by atoms with Crippen molar-refractivity contribution in [2.24, 2.45) is 0 Å². The first-order valence-corrected chi connectivity index (χ1v) is 10.9. The van der Waals surface area contributed by atoms with Crippen LogP contribution in [0.3, 0.4) is 0 Å². The van der Waals surface area contributed by atoms with Crippen LogP contribution >= 0.6 is 0 Å². The van der Waals surface area contributed by atoms with Crippen molar-refractivity contribution in [2.45, 2.75) is 31.8 Å². The van der Waals surface area contributed by atoms with Gasteiger partial charge in [-0.1, -0.05) is 0 Å². The van der Waals surface area contributed by atoms with E-state index in [9.17, 15) is 8.78 Å². The van der Waals surface area contributed by atoms with Crippen molar-refractivity contribution in [3.63, 3.8) is 0 Å². The second-order valence-electron chi connectivity index (χ2n) is 8.47. The topological polar surface area (TPSA) is 67.2 Å². The third-order valence-corrected chi connectivity index (χ3v) is 6.03. The predicted molar refractivity (Wildman–Crippen MR) is 119 cm³/mol. The Morgan fingerprint density at radius 2 is 1.78 bits per heavy atom. The number of aromatic nitrogens is 3. The van der Waals surface area contributed by atoms with Gasteiger partial charge in [0.1, 0.15) is 6.33 Å². The highest BCUT2D eigenvalue weighted by molar-refractivity contribution is 5.63. The molecular formula is C23H26F2N6O. The van der Waals surface area contributed by atoms with Crippen molar-refractivity contribution in [2.75, 3.05) is 36.9 Å². The average molecular weight is 440 g/mol. The first-order valence-electron chi connectivity index (χ1n) is 10.9. The van der Waals surface area contributed by atoms with Gasteiger partial charge in [0.2, 0.25) is 5.95 Å². The number of nitrogens with zero attached hydrogens (tertiary/aromatic N) is 4. The molecule has 3 aromatic rings. The summed E-state index contributed by atoms with van der Waals surface area (Å²) in [6.07, 6.45) is 3.67. The summed E-state index contributed by atoms with van der Waals surface area (Å²) >= 11 is 0. The average Bonchev–Trinajstić information content (AvgIpc) is 3.18. The number of rotatable bonds is 6. The van der Waals surface area contributed by atoms with Gasteiger partial charge in [0, 0.05) is 36.6 Å². The van der Waals surface area contributed by atoms with Gasteiger partial charge in [-0.05, 0) is 55.7 Å². The van der Waals surface area contributed by atoms with Gasteiger partial charge in [0.25, 0.3) is 0 Å². The fourth-order valence-electron chi connectivity index (χ4n) is 4.22. The van der Waals surface area contributed by atoms with Crippen LogP contribution in [0.15, 0.2) is 42.7 Å². The molecule has 168 valence electrons. The maximum Gasteiger partial charge on any atom is 0.246 e. The van der Waals surface area contributed by atoms with E-state index >= 15 is 0 Å². The van der Waals surface area contributed by atoms with Gasteiger partial charge >= 0.3 is 0 Å². The van der Waals surface area contributed by atoms with E-state index in [0.29, 0.717) is 23.7 Å². The quantitative estimate of drug-likeness (QED) is 0.607. The summed E-state index contributed by atoms with van der Waals surface area (Å²) in [4.78, 5) is 6.77. The number of anilines is 3. The maximum absolute atomic E-state index is 13.5. The van der Waals surface area contributed by atoms with E-state index in [0.717, 1.165) is 68.2 Å². The van der Waals surface area contributed by atoms with Crippen LogP contribution < -0.4 is 10.6 Å². The van der Waals surface area contributed by atoms with E-state index < -0.39 is 11.6 Å². The molecule has 5 rings (SSSR count). The first kappa shape index (κ1) is 20.8. The molecule has 0 atom stereocenters. The fraction of sp³-hybridized carbons (Fsp3) is 0.391. The molecule has 2 aliphatic heterocycles. The molecule has 2 saturated heterocycles. The Balaban J connectivity index is 1.23. The number of benzene rings is 2. The zero-order valence-corrected chi connectivity index (χ0v) is 17.9. The lowest BCUT2D eigenvalue weighted by Crippen LogP contribution is -2.53. The summed E-state index contributed by atoms with van der Waals surface area (Å²) in [5.74, 6) is -1.44. The summed E-state index contributed by atoms with van der Waals surface area (Å²) in [7, 11) is 0. The Labute approximate surface area is 185 Å². The highest BCUT2D eigenvalue weighted by atomic mass is 19.2. The van der Waals surface area contributed by atoms with Gasteiger partial charge < -0.3 is 15.4 Å². The van der Waals surface area contributed by atoms with Crippen LogP contribution in [-0.4, -0.2) is 58.1 Å². The maximum atomic E-state index is 13.5. The molecule has 7 nitrogen and oxygen atoms in total. The van der Waals surface area contributed by atoms with Crippen molar-refractivity contribution >= 4 is 17.3 Å². The second kappa shape index (κ2) is 8.84. The molecule has 0 bridgehead atoms. The van der Waals surface area contributed by atoms with Gasteiger partial charge in [-0.3, -0.25) is 4.90 Å². The molecule has 2 N–H and O–H groups in total. The third kappa shape index (κ3) is 4.58. The zero-order valence-electron chi connectivity index (χ0n) is 17.9. The van der Waals surface area contributed by atoms with Crippen LogP contribution in [0, 0.1) is 18.6 Å². The largest absolute Gasteiger partial charge is 0.382 e. The number of piperidine rings is 1. The van der Waals surface area contributed by atoms with Crippen LogP contribution in [0.1, 0.15) is 18.4 Å². The first-order chi connectivity index (χ1) is 15.5. The molecule has 0 spiro atoms. The molecule has 1 aromatic heterocycles. The number of hydrogen-bond acceptors (Lipinski definition) is 6. The molecule has 2 fully saturated rings. The van der Waals surface area contributed by atoms with E-state index in [1.807, 2.05) is 19.1 Å². The van der Waals surface area contributed by atoms with Crippen LogP contribution in [0.5, 0.6) is 0 Å². The van der Waals surface area contributed by atoms with Crippen molar-refractivity contribution < 1.29 is 13.5 Å². The molecule has 32 heavy (non-hydrogen) atoms. The van der Waals surface area contributed by atoms with Gasteiger partial charge in [-0.2, -0.15) is 4.98 Å². The molecule has 0 saturated carbocycles. The van der Waals surface area contributed by atoms with E-state index in [4.69, 9.17) is 4.74 Å². The summed E-state index contributed by atoms with van der Waals surface area (Å²) in [5.41, 5.74) is 3.43. The van der Waals surface area contributed by atoms with Gasteiger partial charge in [0.05, 0.1) is 24.9 Å². The zero-order chi connectivity index (χ0) is 22.1. The van der Waals surface area contributed by atoms with Gasteiger partial charge in [0.15, 0.2) is 11.6 Å². The Morgan fingerprint density at radius 3 is 2.50 bits per heavy atom. The minimum absolute atomic E-state index is 0.377. The Kier molecular flexibility index (Phi) is 5.75. The van der Waals surface area contributed by atoms with E-state index in [-0.39, 0.29) is 0 Å². The lowest BCUT2D eigenvalue weighted by molar-refractivity contribution is -0.0705. The molecule has 0 amide bonds. The van der Waals surface area contributed by atoms with Crippen molar-refractivity contribution in [1.82, 2.24) is 19.7 Å². The minimum Gasteiger partial charge on any atom is -0.382 e. The second-order valence-corrected chi connectivity index (χ2v) is 8.47. The summed E-state index contributed by atoms with van der Waals surface area (Å²) in [6, 6.07) is 10.8. The molecule has 2 aliphatic rings. The number of hydrogen-bond donors (Lipinski definition) is 2. The number of likely N-dealkylation sites (tertiary alicyclic amines) is 1. The monoisotopic (exact) mass is 440 g/mol. The van der Waals surface area contributed by atoms with Crippen LogP contribution in [-0.2, 0) is 4.74 Å². The predicted octanol–water partition coefficient (Wildman–Crippen LogP) is 3.87. The summed E-state index contributed by atoms with van der Waals surface area (Å²) in [6.45, 7) is 5.96. The Morgan fingerprint density at radius 1 is 1.00 bits per heavy atom.